The average Bonchev–Trinajstić information content (AvgIpc) is 2.47. The van der Waals surface area contributed by atoms with E-state index in [0.717, 1.165) is 16.9 Å². The molecule has 0 saturated heterocycles. The van der Waals surface area contributed by atoms with E-state index in [1.54, 1.807) is 0 Å². The molecule has 2 N–H and O–H groups in total. The number of benzene rings is 2. The Hall–Kier alpha value is -2.29. The molecule has 0 radical (unpaired) electrons. The Kier molecular flexibility index (Phi) is 4.86. The van der Waals surface area contributed by atoms with Gasteiger partial charge in [0.1, 0.15) is 0 Å². The molecule has 0 aliphatic carbocycles. The van der Waals surface area contributed by atoms with Crippen LogP contribution in [0.5, 0.6) is 0 Å². The van der Waals surface area contributed by atoms with Gasteiger partial charge in [-0.05, 0) is 41.7 Å². The number of carbonyl (C=O) groups is 1. The summed E-state index contributed by atoms with van der Waals surface area (Å²) in [5, 5.41) is 6.07. The maximum atomic E-state index is 12.0. The predicted molar refractivity (Wildman–Crippen MR) is 93.4 cm³/mol. The van der Waals surface area contributed by atoms with Crippen LogP contribution in [0.1, 0.15) is 31.9 Å². The van der Waals surface area contributed by atoms with Crippen molar-refractivity contribution < 1.29 is 4.79 Å². The largest absolute Gasteiger partial charge is 0.376 e. The van der Waals surface area contributed by atoms with E-state index in [0.29, 0.717) is 0 Å². The Balaban J connectivity index is 1.90. The van der Waals surface area contributed by atoms with E-state index < -0.39 is 0 Å². The zero-order valence-electron chi connectivity index (χ0n) is 13.7. The molecule has 0 heterocycles. The second-order valence-corrected chi connectivity index (χ2v) is 6.54. The second-order valence-electron chi connectivity index (χ2n) is 6.54. The van der Waals surface area contributed by atoms with E-state index in [9.17, 15) is 4.79 Å². The molecule has 22 heavy (non-hydrogen) atoms. The summed E-state index contributed by atoms with van der Waals surface area (Å²) in [6.07, 6.45) is 0. The van der Waals surface area contributed by atoms with Gasteiger partial charge in [0, 0.05) is 11.4 Å². The van der Waals surface area contributed by atoms with Gasteiger partial charge in [0.15, 0.2) is 0 Å². The molecular formula is C19H24N2O. The third kappa shape index (κ3) is 4.35. The fourth-order valence-corrected chi connectivity index (χ4v) is 2.18. The second kappa shape index (κ2) is 6.65. The smallest absolute Gasteiger partial charge is 0.243 e. The Morgan fingerprint density at radius 3 is 2.23 bits per heavy atom. The fraction of sp³-hybridized carbons (Fsp3) is 0.316. The number of hydrogen-bond donors (Lipinski definition) is 2. The molecule has 0 aliphatic rings. The molecule has 1 amide bonds. The number of hydrogen-bond acceptors (Lipinski definition) is 2. The molecule has 2 aromatic carbocycles. The summed E-state index contributed by atoms with van der Waals surface area (Å²) in [5.74, 6) is -0.0470. The molecular weight excluding hydrogens is 272 g/mol. The lowest BCUT2D eigenvalue weighted by molar-refractivity contribution is -0.114. The topological polar surface area (TPSA) is 41.1 Å². The van der Waals surface area contributed by atoms with E-state index in [1.165, 1.54) is 5.56 Å². The molecule has 0 aromatic heterocycles. The van der Waals surface area contributed by atoms with Crippen molar-refractivity contribution in [3.63, 3.8) is 0 Å². The Morgan fingerprint density at radius 1 is 1.00 bits per heavy atom. The minimum Gasteiger partial charge on any atom is -0.376 e. The van der Waals surface area contributed by atoms with Crippen molar-refractivity contribution >= 4 is 17.3 Å². The SMILES string of the molecule is Cc1ccccc1NC(=O)CNc1ccc(C(C)(C)C)cc1. The standard InChI is InChI=1S/C19H24N2O/c1-14-7-5-6-8-17(14)21-18(22)13-20-16-11-9-15(10-12-16)19(2,3)4/h5-12,20H,13H2,1-4H3,(H,21,22). The molecule has 0 saturated carbocycles. The summed E-state index contributed by atoms with van der Waals surface area (Å²) >= 11 is 0. The predicted octanol–water partition coefficient (Wildman–Crippen LogP) is 4.34. The maximum Gasteiger partial charge on any atom is 0.243 e. The van der Waals surface area contributed by atoms with Crippen LogP contribution < -0.4 is 10.6 Å². The first-order chi connectivity index (χ1) is 10.4. The highest BCUT2D eigenvalue weighted by Gasteiger charge is 2.12. The zero-order valence-corrected chi connectivity index (χ0v) is 13.7. The van der Waals surface area contributed by atoms with E-state index in [-0.39, 0.29) is 17.9 Å². The third-order valence-electron chi connectivity index (χ3n) is 3.62. The van der Waals surface area contributed by atoms with E-state index in [2.05, 4.69) is 43.5 Å². The van der Waals surface area contributed by atoms with Gasteiger partial charge in [-0.25, -0.2) is 0 Å². The summed E-state index contributed by atoms with van der Waals surface area (Å²) in [6, 6.07) is 16.0. The molecule has 0 unspecified atom stereocenters. The van der Waals surface area contributed by atoms with Crippen LogP contribution in [-0.2, 0) is 10.2 Å². The van der Waals surface area contributed by atoms with Crippen molar-refractivity contribution in [2.75, 3.05) is 17.2 Å². The molecule has 0 fully saturated rings. The molecule has 2 aromatic rings. The van der Waals surface area contributed by atoms with Gasteiger partial charge in [0.2, 0.25) is 5.91 Å². The van der Waals surface area contributed by atoms with Gasteiger partial charge >= 0.3 is 0 Å². The van der Waals surface area contributed by atoms with Crippen molar-refractivity contribution in [1.29, 1.82) is 0 Å². The highest BCUT2D eigenvalue weighted by molar-refractivity contribution is 5.94. The van der Waals surface area contributed by atoms with Crippen molar-refractivity contribution in [2.24, 2.45) is 0 Å². The van der Waals surface area contributed by atoms with Gasteiger partial charge < -0.3 is 10.6 Å². The number of carbonyl (C=O) groups excluding carboxylic acids is 1. The van der Waals surface area contributed by atoms with Crippen LogP contribution >= 0.6 is 0 Å². The first kappa shape index (κ1) is 16.1. The number of amides is 1. The number of nitrogens with one attached hydrogen (secondary N) is 2. The minimum absolute atomic E-state index is 0.0470. The van der Waals surface area contributed by atoms with Crippen LogP contribution in [0.15, 0.2) is 48.5 Å². The average molecular weight is 296 g/mol. The monoisotopic (exact) mass is 296 g/mol. The van der Waals surface area contributed by atoms with Crippen LogP contribution in [-0.4, -0.2) is 12.5 Å². The summed E-state index contributed by atoms with van der Waals surface area (Å²) in [6.45, 7) is 8.79. The van der Waals surface area contributed by atoms with Crippen molar-refractivity contribution in [3.05, 3.63) is 59.7 Å². The highest BCUT2D eigenvalue weighted by atomic mass is 16.1. The number of para-hydroxylation sites is 1. The summed E-state index contributed by atoms with van der Waals surface area (Å²) < 4.78 is 0. The molecule has 0 atom stereocenters. The Bertz CT molecular complexity index is 639. The first-order valence-corrected chi connectivity index (χ1v) is 7.56. The number of rotatable bonds is 4. The molecule has 3 heteroatoms. The number of anilines is 2. The van der Waals surface area contributed by atoms with Gasteiger partial charge in [-0.15, -0.1) is 0 Å². The minimum atomic E-state index is -0.0470. The van der Waals surface area contributed by atoms with E-state index >= 15 is 0 Å². The van der Waals surface area contributed by atoms with Crippen LogP contribution in [0.25, 0.3) is 0 Å². The van der Waals surface area contributed by atoms with Gasteiger partial charge in [0.25, 0.3) is 0 Å². The van der Waals surface area contributed by atoms with Gasteiger partial charge in [-0.3, -0.25) is 4.79 Å². The van der Waals surface area contributed by atoms with Crippen LogP contribution in [0.2, 0.25) is 0 Å². The van der Waals surface area contributed by atoms with E-state index in [4.69, 9.17) is 0 Å². The van der Waals surface area contributed by atoms with Crippen LogP contribution in [0.4, 0.5) is 11.4 Å². The Morgan fingerprint density at radius 2 is 1.64 bits per heavy atom. The third-order valence-corrected chi connectivity index (χ3v) is 3.62. The summed E-state index contributed by atoms with van der Waals surface area (Å²) in [5.41, 5.74) is 4.29. The summed E-state index contributed by atoms with van der Waals surface area (Å²) in [4.78, 5) is 12.0. The zero-order chi connectivity index (χ0) is 16.2. The van der Waals surface area contributed by atoms with Gasteiger partial charge in [-0.2, -0.15) is 0 Å². The lowest BCUT2D eigenvalue weighted by Gasteiger charge is -2.19. The van der Waals surface area contributed by atoms with Crippen molar-refractivity contribution in [1.82, 2.24) is 0 Å². The molecule has 3 nitrogen and oxygen atoms in total. The normalized spacial score (nSPS) is 11.1. The van der Waals surface area contributed by atoms with Crippen molar-refractivity contribution in [2.45, 2.75) is 33.1 Å². The maximum absolute atomic E-state index is 12.0. The highest BCUT2D eigenvalue weighted by Crippen LogP contribution is 2.23. The lowest BCUT2D eigenvalue weighted by Crippen LogP contribution is -2.22. The van der Waals surface area contributed by atoms with Crippen LogP contribution in [0.3, 0.4) is 0 Å². The quantitative estimate of drug-likeness (QED) is 0.881. The van der Waals surface area contributed by atoms with Gasteiger partial charge in [0.05, 0.1) is 6.54 Å². The Labute approximate surface area is 132 Å². The van der Waals surface area contributed by atoms with Crippen molar-refractivity contribution in [3.8, 4) is 0 Å². The van der Waals surface area contributed by atoms with Gasteiger partial charge in [-0.1, -0.05) is 51.1 Å². The fourth-order valence-electron chi connectivity index (χ4n) is 2.18. The van der Waals surface area contributed by atoms with E-state index in [1.807, 2.05) is 43.3 Å². The first-order valence-electron chi connectivity index (χ1n) is 7.56. The molecule has 0 bridgehead atoms. The molecule has 2 rings (SSSR count). The van der Waals surface area contributed by atoms with Crippen LogP contribution in [0, 0.1) is 6.92 Å². The molecule has 0 aliphatic heterocycles. The molecule has 116 valence electrons. The molecule has 0 spiro atoms. The lowest BCUT2D eigenvalue weighted by atomic mass is 9.87. The summed E-state index contributed by atoms with van der Waals surface area (Å²) in [7, 11) is 0. The number of aryl methyl sites for hydroxylation is 1.